The highest BCUT2D eigenvalue weighted by Gasteiger charge is 1.89. The molecular weight excluding hydrogens is 210 g/mol. The lowest BCUT2D eigenvalue weighted by Gasteiger charge is -2.01. The van der Waals surface area contributed by atoms with Gasteiger partial charge in [0.05, 0.1) is 5.69 Å². The van der Waals surface area contributed by atoms with Gasteiger partial charge in [-0.1, -0.05) is 36.4 Å². The van der Waals surface area contributed by atoms with Crippen molar-refractivity contribution in [2.75, 3.05) is 11.2 Å². The monoisotopic (exact) mass is 229 g/mol. The van der Waals surface area contributed by atoms with Gasteiger partial charge in [-0.3, -0.25) is 5.84 Å². The van der Waals surface area contributed by atoms with E-state index in [1.165, 1.54) is 5.56 Å². The molecule has 0 radical (unpaired) electrons. The molecular formula is C14H19N3. The molecule has 0 aromatic heterocycles. The van der Waals surface area contributed by atoms with E-state index in [-0.39, 0.29) is 0 Å². The fourth-order valence-corrected chi connectivity index (χ4v) is 1.32. The maximum absolute atomic E-state index is 5.52. The number of nitrogens with one attached hydrogen (secondary N) is 1. The normalized spacial score (nSPS) is 9.12. The first-order valence-corrected chi connectivity index (χ1v) is 5.48. The van der Waals surface area contributed by atoms with Crippen LogP contribution < -0.4 is 17.0 Å². The van der Waals surface area contributed by atoms with Crippen LogP contribution in [0.25, 0.3) is 0 Å². The van der Waals surface area contributed by atoms with Gasteiger partial charge in [0.25, 0.3) is 0 Å². The molecule has 5 N–H and O–H groups in total. The Kier molecular flexibility index (Phi) is 5.04. The van der Waals surface area contributed by atoms with Crippen molar-refractivity contribution in [3.05, 3.63) is 59.7 Å². The molecule has 17 heavy (non-hydrogen) atoms. The summed E-state index contributed by atoms with van der Waals surface area (Å²) in [6.07, 6.45) is 0. The summed E-state index contributed by atoms with van der Waals surface area (Å²) in [5.74, 6) is 5.20. The minimum Gasteiger partial charge on any atom is -0.399 e. The number of rotatable bonds is 1. The zero-order valence-electron chi connectivity index (χ0n) is 10.3. The summed E-state index contributed by atoms with van der Waals surface area (Å²) in [6, 6.07) is 15.7. The van der Waals surface area contributed by atoms with Gasteiger partial charge in [-0.2, -0.15) is 0 Å². The Hall–Kier alpha value is -2.00. The Morgan fingerprint density at radius 3 is 1.71 bits per heavy atom. The van der Waals surface area contributed by atoms with Crippen LogP contribution >= 0.6 is 0 Å². The summed E-state index contributed by atoms with van der Waals surface area (Å²) in [5.41, 5.74) is 12.3. The van der Waals surface area contributed by atoms with Crippen LogP contribution in [0.1, 0.15) is 11.1 Å². The van der Waals surface area contributed by atoms with E-state index in [4.69, 9.17) is 11.6 Å². The fraction of sp³-hybridized carbons (Fsp3) is 0.143. The van der Waals surface area contributed by atoms with Gasteiger partial charge in [-0.05, 0) is 37.1 Å². The first kappa shape index (κ1) is 13.1. The number of hydrogen-bond acceptors (Lipinski definition) is 3. The molecule has 0 unspecified atom stereocenters. The molecule has 0 atom stereocenters. The van der Waals surface area contributed by atoms with Crippen LogP contribution in [-0.4, -0.2) is 0 Å². The third-order valence-corrected chi connectivity index (χ3v) is 2.49. The van der Waals surface area contributed by atoms with Gasteiger partial charge in [-0.15, -0.1) is 0 Å². The predicted molar refractivity (Wildman–Crippen MR) is 74.6 cm³/mol. The predicted octanol–water partition coefficient (Wildman–Crippen LogP) is 2.86. The molecule has 0 heterocycles. The third-order valence-electron chi connectivity index (χ3n) is 2.49. The standard InChI is InChI=1S/C7H10N2.C7H9N/c1-6-4-2-3-5-7(6)9-8;1-6-4-2-3-5-7(6)8/h2-5,9H,8H2,1H3;2-5H,8H2,1H3. The summed E-state index contributed by atoms with van der Waals surface area (Å²) >= 11 is 0. The number of para-hydroxylation sites is 2. The van der Waals surface area contributed by atoms with Crippen molar-refractivity contribution >= 4 is 11.4 Å². The van der Waals surface area contributed by atoms with Crippen molar-refractivity contribution in [2.45, 2.75) is 13.8 Å². The SMILES string of the molecule is Cc1ccccc1N.Cc1ccccc1NN. The van der Waals surface area contributed by atoms with E-state index >= 15 is 0 Å². The van der Waals surface area contributed by atoms with E-state index in [2.05, 4.69) is 5.43 Å². The molecule has 0 fully saturated rings. The Labute approximate surface area is 102 Å². The van der Waals surface area contributed by atoms with E-state index in [1.54, 1.807) is 0 Å². The molecule has 0 amide bonds. The van der Waals surface area contributed by atoms with Crippen molar-refractivity contribution in [3.63, 3.8) is 0 Å². The number of benzene rings is 2. The third kappa shape index (κ3) is 4.17. The van der Waals surface area contributed by atoms with Gasteiger partial charge in [0.1, 0.15) is 0 Å². The summed E-state index contributed by atoms with van der Waals surface area (Å²) < 4.78 is 0. The Morgan fingerprint density at radius 2 is 1.35 bits per heavy atom. The van der Waals surface area contributed by atoms with Gasteiger partial charge >= 0.3 is 0 Å². The molecule has 0 aliphatic carbocycles. The number of anilines is 2. The number of nitrogens with two attached hydrogens (primary N) is 2. The first-order valence-electron chi connectivity index (χ1n) is 5.48. The lowest BCUT2D eigenvalue weighted by atomic mass is 10.2. The lowest BCUT2D eigenvalue weighted by Crippen LogP contribution is -2.07. The highest BCUT2D eigenvalue weighted by molar-refractivity contribution is 5.48. The van der Waals surface area contributed by atoms with Crippen LogP contribution in [-0.2, 0) is 0 Å². The van der Waals surface area contributed by atoms with Crippen LogP contribution in [0.4, 0.5) is 11.4 Å². The van der Waals surface area contributed by atoms with Crippen LogP contribution in [0.2, 0.25) is 0 Å². The molecule has 2 rings (SSSR count). The molecule has 2 aromatic rings. The second-order valence-electron chi connectivity index (χ2n) is 3.82. The average molecular weight is 229 g/mol. The van der Waals surface area contributed by atoms with E-state index < -0.39 is 0 Å². The second-order valence-corrected chi connectivity index (χ2v) is 3.82. The molecule has 0 saturated heterocycles. The van der Waals surface area contributed by atoms with Crippen molar-refractivity contribution in [2.24, 2.45) is 5.84 Å². The lowest BCUT2D eigenvalue weighted by molar-refractivity contribution is 1.31. The van der Waals surface area contributed by atoms with E-state index in [0.717, 1.165) is 16.9 Å². The molecule has 0 aliphatic rings. The largest absolute Gasteiger partial charge is 0.399 e. The summed E-state index contributed by atoms with van der Waals surface area (Å²) in [5, 5.41) is 0. The minimum atomic E-state index is 0.868. The molecule has 0 bridgehead atoms. The summed E-state index contributed by atoms with van der Waals surface area (Å²) in [4.78, 5) is 0. The molecule has 0 aliphatic heterocycles. The van der Waals surface area contributed by atoms with Crippen LogP contribution in [0.3, 0.4) is 0 Å². The van der Waals surface area contributed by atoms with Crippen molar-refractivity contribution in [3.8, 4) is 0 Å². The summed E-state index contributed by atoms with van der Waals surface area (Å²) in [6.45, 7) is 4.00. The molecule has 2 aromatic carbocycles. The molecule has 3 nitrogen and oxygen atoms in total. The van der Waals surface area contributed by atoms with Crippen LogP contribution in [0, 0.1) is 13.8 Å². The maximum Gasteiger partial charge on any atom is 0.0514 e. The molecule has 90 valence electrons. The van der Waals surface area contributed by atoms with E-state index in [0.29, 0.717) is 0 Å². The number of hydrogen-bond donors (Lipinski definition) is 3. The molecule has 0 saturated carbocycles. The zero-order valence-corrected chi connectivity index (χ0v) is 10.3. The van der Waals surface area contributed by atoms with Crippen LogP contribution in [0.15, 0.2) is 48.5 Å². The van der Waals surface area contributed by atoms with Crippen molar-refractivity contribution in [1.82, 2.24) is 0 Å². The highest BCUT2D eigenvalue weighted by Crippen LogP contribution is 2.10. The van der Waals surface area contributed by atoms with Crippen LogP contribution in [0.5, 0.6) is 0 Å². The number of aryl methyl sites for hydroxylation is 2. The fourth-order valence-electron chi connectivity index (χ4n) is 1.32. The Balaban J connectivity index is 0.000000171. The average Bonchev–Trinajstić information content (AvgIpc) is 2.34. The van der Waals surface area contributed by atoms with E-state index in [1.807, 2.05) is 62.4 Å². The smallest absolute Gasteiger partial charge is 0.0514 e. The van der Waals surface area contributed by atoms with Crippen molar-refractivity contribution < 1.29 is 0 Å². The van der Waals surface area contributed by atoms with E-state index in [9.17, 15) is 0 Å². The number of hydrazine groups is 1. The quantitative estimate of drug-likeness (QED) is 0.400. The maximum atomic E-state index is 5.52. The van der Waals surface area contributed by atoms with Gasteiger partial charge in [0.15, 0.2) is 0 Å². The van der Waals surface area contributed by atoms with Gasteiger partial charge in [0.2, 0.25) is 0 Å². The topological polar surface area (TPSA) is 64.1 Å². The second kappa shape index (κ2) is 6.55. The summed E-state index contributed by atoms with van der Waals surface area (Å²) in [7, 11) is 0. The highest BCUT2D eigenvalue weighted by atomic mass is 15.2. The molecule has 3 heteroatoms. The Morgan fingerprint density at radius 1 is 0.824 bits per heavy atom. The number of nitrogen functional groups attached to an aromatic ring is 2. The zero-order chi connectivity index (χ0) is 12.7. The van der Waals surface area contributed by atoms with Crippen molar-refractivity contribution in [1.29, 1.82) is 0 Å². The minimum absolute atomic E-state index is 0.868. The van der Waals surface area contributed by atoms with Gasteiger partial charge in [0, 0.05) is 5.69 Å². The molecule has 0 spiro atoms. The van der Waals surface area contributed by atoms with Gasteiger partial charge < -0.3 is 11.2 Å². The van der Waals surface area contributed by atoms with Gasteiger partial charge in [-0.25, -0.2) is 0 Å². The Bertz CT molecular complexity index is 446. The first-order chi connectivity index (χ1) is 8.15.